The molecule has 4 fully saturated rings. The number of carbonyl (C=O) groups excluding carboxylic acids is 5. The Morgan fingerprint density at radius 2 is 1.35 bits per heavy atom. The predicted octanol–water partition coefficient (Wildman–Crippen LogP) is 6.87. The average Bonchev–Trinajstić information content (AvgIpc) is 4.16. The zero-order valence-corrected chi connectivity index (χ0v) is 36.4. The van der Waals surface area contributed by atoms with Gasteiger partial charge in [0.2, 0.25) is 17.7 Å². The van der Waals surface area contributed by atoms with Gasteiger partial charge in [-0.3, -0.25) is 29.2 Å². The van der Waals surface area contributed by atoms with Gasteiger partial charge in [-0.2, -0.15) is 0 Å². The van der Waals surface area contributed by atoms with E-state index in [1.807, 2.05) is 31.1 Å². The fourth-order valence-corrected chi connectivity index (χ4v) is 11.1. The molecule has 3 N–H and O–H groups in total. The number of allylic oxidation sites excluding steroid dienone is 2. The number of likely N-dealkylation sites (tertiary alicyclic amines) is 1. The molecule has 6 aliphatic rings. The highest BCUT2D eigenvalue weighted by molar-refractivity contribution is 6.05. The zero-order chi connectivity index (χ0) is 43.5. The third-order valence-corrected chi connectivity index (χ3v) is 14.4. The molecule has 0 spiro atoms. The largest absolute Gasteiger partial charge is 0.468 e. The maximum absolute atomic E-state index is 14.3. The van der Waals surface area contributed by atoms with E-state index in [0.29, 0.717) is 38.1 Å². The van der Waals surface area contributed by atoms with Crippen LogP contribution < -0.4 is 16.0 Å². The smallest absolute Gasteiger partial charge is 0.407 e. The molecule has 2 aromatic carbocycles. The van der Waals surface area contributed by atoms with Crippen molar-refractivity contribution in [3.05, 3.63) is 72.1 Å². The third kappa shape index (κ3) is 8.72. The normalized spacial score (nSPS) is 25.4. The van der Waals surface area contributed by atoms with Gasteiger partial charge in [0, 0.05) is 55.0 Å². The van der Waals surface area contributed by atoms with Crippen molar-refractivity contribution in [2.45, 2.75) is 109 Å². The lowest BCUT2D eigenvalue weighted by Gasteiger charge is -2.39. The van der Waals surface area contributed by atoms with Crippen molar-refractivity contribution in [1.29, 1.82) is 0 Å². The van der Waals surface area contributed by atoms with E-state index in [2.05, 4.69) is 64.5 Å². The first-order valence-electron chi connectivity index (χ1n) is 22.5. The maximum Gasteiger partial charge on any atom is 0.407 e. The number of ether oxygens (including phenoxy) is 2. The van der Waals surface area contributed by atoms with Crippen molar-refractivity contribution >= 4 is 52.4 Å². The number of hydrogen-bond donors (Lipinski definition) is 3. The minimum absolute atomic E-state index is 0.0441. The Bertz CT molecular complexity index is 2190. The number of nitrogens with zero attached hydrogens (tertiary/aromatic N) is 3. The number of esters is 1. The highest BCUT2D eigenvalue weighted by Crippen LogP contribution is 2.54. The van der Waals surface area contributed by atoms with Crippen molar-refractivity contribution in [2.24, 2.45) is 39.6 Å². The molecule has 0 aromatic heterocycles. The van der Waals surface area contributed by atoms with Crippen LogP contribution in [0.1, 0.15) is 102 Å². The summed E-state index contributed by atoms with van der Waals surface area (Å²) in [5.41, 5.74) is 7.69. The number of hydrogen-bond acceptors (Lipinski definition) is 9. The first kappa shape index (κ1) is 43.1. The molecule has 3 heterocycles. The Morgan fingerprint density at radius 1 is 0.758 bits per heavy atom. The summed E-state index contributed by atoms with van der Waals surface area (Å²) in [7, 11) is 2.59. The minimum atomic E-state index is -1.02. The fraction of sp³-hybridized carbons (Fsp3) is 0.531. The molecule has 3 saturated carbocycles. The highest BCUT2D eigenvalue weighted by Gasteiger charge is 2.54. The van der Waals surface area contributed by atoms with Crippen LogP contribution >= 0.6 is 0 Å². The van der Waals surface area contributed by atoms with Crippen LogP contribution in [-0.4, -0.2) is 91.0 Å². The van der Waals surface area contributed by atoms with Crippen LogP contribution in [0.3, 0.4) is 0 Å². The summed E-state index contributed by atoms with van der Waals surface area (Å²) in [4.78, 5) is 76.9. The number of carbonyl (C=O) groups is 5. The Balaban J connectivity index is 0.871. The lowest BCUT2D eigenvalue weighted by Crippen LogP contribution is -2.62. The second-order valence-electron chi connectivity index (χ2n) is 18.4. The number of methoxy groups -OCH3 is 2. The van der Waals surface area contributed by atoms with Gasteiger partial charge in [-0.1, -0.05) is 81.6 Å². The van der Waals surface area contributed by atoms with Crippen LogP contribution in [0.15, 0.2) is 70.9 Å². The van der Waals surface area contributed by atoms with Crippen molar-refractivity contribution in [1.82, 2.24) is 20.9 Å². The average molecular weight is 845 g/mol. The maximum atomic E-state index is 14.3. The second-order valence-corrected chi connectivity index (χ2v) is 18.4. The van der Waals surface area contributed by atoms with Gasteiger partial charge in [-0.05, 0) is 96.1 Å². The monoisotopic (exact) mass is 844 g/mol. The van der Waals surface area contributed by atoms with E-state index in [4.69, 9.17) is 19.5 Å². The van der Waals surface area contributed by atoms with Gasteiger partial charge in [0.25, 0.3) is 0 Å². The first-order valence-corrected chi connectivity index (χ1v) is 22.5. The molecule has 6 atom stereocenters. The number of benzene rings is 2. The van der Waals surface area contributed by atoms with Gasteiger partial charge in [0.1, 0.15) is 18.1 Å². The molecule has 0 radical (unpaired) electrons. The molecular weight excluding hydrogens is 785 g/mol. The molecule has 1 saturated heterocycles. The Labute approximate surface area is 364 Å². The van der Waals surface area contributed by atoms with E-state index in [0.717, 1.165) is 96.2 Å². The Kier molecular flexibility index (Phi) is 12.8. The van der Waals surface area contributed by atoms with Crippen LogP contribution in [0.25, 0.3) is 22.3 Å². The predicted molar refractivity (Wildman–Crippen MR) is 238 cm³/mol. The van der Waals surface area contributed by atoms with Crippen LogP contribution in [0.4, 0.5) is 4.79 Å². The van der Waals surface area contributed by atoms with Gasteiger partial charge < -0.3 is 30.3 Å². The number of fused-ring (bicyclic) bond motifs is 2. The molecule has 2 bridgehead atoms. The molecule has 2 aromatic rings. The summed E-state index contributed by atoms with van der Waals surface area (Å²) in [6, 6.07) is 16.4. The lowest BCUT2D eigenvalue weighted by atomic mass is 9.73. The van der Waals surface area contributed by atoms with E-state index in [1.165, 1.54) is 14.2 Å². The van der Waals surface area contributed by atoms with E-state index in [1.54, 1.807) is 0 Å². The Morgan fingerprint density at radius 3 is 1.97 bits per heavy atom. The number of nitrogens with one attached hydrogen (secondary N) is 3. The van der Waals surface area contributed by atoms with Gasteiger partial charge in [0.15, 0.2) is 0 Å². The molecule has 62 heavy (non-hydrogen) atoms. The second kappa shape index (κ2) is 18.4. The van der Waals surface area contributed by atoms with E-state index < -0.39 is 23.6 Å². The molecular formula is C49H60N6O7. The van der Waals surface area contributed by atoms with Gasteiger partial charge in [0.05, 0.1) is 20.3 Å². The molecule has 328 valence electrons. The lowest BCUT2D eigenvalue weighted by molar-refractivity contribution is -0.143. The molecule has 3 unspecified atom stereocenters. The molecule has 8 rings (SSSR count). The molecule has 3 aliphatic carbocycles. The van der Waals surface area contributed by atoms with Crippen LogP contribution in [0.5, 0.6) is 0 Å². The molecule has 13 nitrogen and oxygen atoms in total. The standard InChI is InChI=1S/C49H60N6O7/c1-29(2)44(53-48(60)62-4)46(58)55-22-8-9-40(55)38-24-36(26-50-38)32-14-10-30(11-15-32)31-12-16-33(17-13-31)37-25-39(51-27-37)42-34-18-19-35(23-34)43(42)45(57)54-49(20-6-5-7-21-49)47(59)52-28-41(56)61-3/h10-17,26-27,29,34-35,40,42-44H,5-9,18-25,28H2,1-4H3,(H,52,59)(H,53,60)(H,54,57)/t34?,35?,40-,42?,43+,44-/m0/s1. The SMILES string of the molecule is COC(=O)CNC(=O)C1(NC(=O)[C@@H]2C3CCC(C3)C2C2=NC=C(c3ccc(-c4ccc(C5=CN=C([C@@H]6CCCN6C(=O)[C@@H](NC(=O)OC)C(C)C)C5)cc4)cc3)C2)CCCCC1. The van der Waals surface area contributed by atoms with Crippen LogP contribution in [-0.2, 0) is 28.7 Å². The van der Waals surface area contributed by atoms with Crippen LogP contribution in [0.2, 0.25) is 0 Å². The number of rotatable bonds is 13. The summed E-state index contributed by atoms with van der Waals surface area (Å²) in [5.74, 6) is -0.565. The highest BCUT2D eigenvalue weighted by atomic mass is 16.5. The number of alkyl carbamates (subject to hydrolysis) is 1. The third-order valence-electron chi connectivity index (χ3n) is 14.4. The van der Waals surface area contributed by atoms with Gasteiger partial charge in [-0.25, -0.2) is 4.79 Å². The molecule has 4 amide bonds. The number of amides is 4. The molecule has 13 heteroatoms. The van der Waals surface area contributed by atoms with Crippen molar-refractivity contribution < 1.29 is 33.4 Å². The number of aliphatic imine (C=N–C) groups is 2. The summed E-state index contributed by atoms with van der Waals surface area (Å²) in [5, 5.41) is 8.71. The van der Waals surface area contributed by atoms with Crippen molar-refractivity contribution in [3.63, 3.8) is 0 Å². The summed E-state index contributed by atoms with van der Waals surface area (Å²) < 4.78 is 9.51. The zero-order valence-electron chi connectivity index (χ0n) is 36.4. The molecule has 3 aliphatic heterocycles. The van der Waals surface area contributed by atoms with E-state index >= 15 is 0 Å². The van der Waals surface area contributed by atoms with Crippen molar-refractivity contribution in [2.75, 3.05) is 27.3 Å². The Hall–Kier alpha value is -5.59. The van der Waals surface area contributed by atoms with Crippen molar-refractivity contribution in [3.8, 4) is 11.1 Å². The van der Waals surface area contributed by atoms with Gasteiger partial charge >= 0.3 is 12.1 Å². The van der Waals surface area contributed by atoms with E-state index in [-0.39, 0.29) is 54.0 Å². The minimum Gasteiger partial charge on any atom is -0.468 e. The van der Waals surface area contributed by atoms with Gasteiger partial charge in [-0.15, -0.1) is 0 Å². The van der Waals surface area contributed by atoms with Crippen LogP contribution in [0, 0.1) is 29.6 Å². The first-order chi connectivity index (χ1) is 30.0. The quantitative estimate of drug-likeness (QED) is 0.185. The summed E-state index contributed by atoms with van der Waals surface area (Å²) in [6.45, 7) is 4.25. The summed E-state index contributed by atoms with van der Waals surface area (Å²) in [6.07, 6.45) is 13.3. The summed E-state index contributed by atoms with van der Waals surface area (Å²) >= 11 is 0. The fourth-order valence-electron chi connectivity index (χ4n) is 11.1. The topological polar surface area (TPSA) is 168 Å². The van der Waals surface area contributed by atoms with E-state index in [9.17, 15) is 24.0 Å².